The number of nitrogens with one attached hydrogen (secondary N) is 1. The smallest absolute Gasteiger partial charge is 0.337 e. The number of esters is 1. The van der Waals surface area contributed by atoms with Crippen molar-refractivity contribution in [3.05, 3.63) is 53.7 Å². The van der Waals surface area contributed by atoms with Gasteiger partial charge < -0.3 is 15.0 Å². The van der Waals surface area contributed by atoms with E-state index in [1.807, 2.05) is 6.07 Å². The maximum atomic E-state index is 12.7. The number of amides is 1. The standard InChI is InChI=1S/C21H25N3O3/c1-3-18-9-4-5-12-24(18)19-14-15(10-11-22-19)20(25)23-17-8-6-7-16(13-17)21(26)27-2/h6-8,10-11,13-14,18H,3-5,9,12H2,1-2H3,(H,23,25). The molecule has 2 aromatic rings. The lowest BCUT2D eigenvalue weighted by Crippen LogP contribution is -2.39. The van der Waals surface area contributed by atoms with Crippen LogP contribution in [-0.2, 0) is 4.74 Å². The Hall–Kier alpha value is -2.89. The Morgan fingerprint density at radius 3 is 2.85 bits per heavy atom. The number of carbonyl (C=O) groups is 2. The van der Waals surface area contributed by atoms with E-state index in [1.165, 1.54) is 13.5 Å². The molecule has 2 heterocycles. The number of hydrogen-bond acceptors (Lipinski definition) is 5. The van der Waals surface area contributed by atoms with E-state index in [-0.39, 0.29) is 5.91 Å². The Morgan fingerprint density at radius 2 is 2.07 bits per heavy atom. The molecule has 1 aliphatic heterocycles. The largest absolute Gasteiger partial charge is 0.465 e. The molecule has 6 heteroatoms. The zero-order valence-corrected chi connectivity index (χ0v) is 15.8. The van der Waals surface area contributed by atoms with Crippen LogP contribution in [0.25, 0.3) is 0 Å². The Labute approximate surface area is 159 Å². The number of ether oxygens (including phenoxy) is 1. The third-order valence-corrected chi connectivity index (χ3v) is 4.94. The van der Waals surface area contributed by atoms with Crippen LogP contribution in [0.1, 0.15) is 53.3 Å². The summed E-state index contributed by atoms with van der Waals surface area (Å²) < 4.78 is 4.72. The quantitative estimate of drug-likeness (QED) is 0.812. The average molecular weight is 367 g/mol. The fraction of sp³-hybridized carbons (Fsp3) is 0.381. The van der Waals surface area contributed by atoms with Gasteiger partial charge in [0.2, 0.25) is 0 Å². The van der Waals surface area contributed by atoms with E-state index in [0.29, 0.717) is 22.9 Å². The van der Waals surface area contributed by atoms with Crippen LogP contribution in [0.4, 0.5) is 11.5 Å². The van der Waals surface area contributed by atoms with Crippen LogP contribution in [0.5, 0.6) is 0 Å². The second-order valence-electron chi connectivity index (χ2n) is 6.68. The van der Waals surface area contributed by atoms with E-state index in [0.717, 1.165) is 31.6 Å². The van der Waals surface area contributed by atoms with Gasteiger partial charge in [-0.1, -0.05) is 13.0 Å². The lowest BCUT2D eigenvalue weighted by Gasteiger charge is -2.36. The summed E-state index contributed by atoms with van der Waals surface area (Å²) in [6, 6.07) is 10.7. The number of hydrogen-bond donors (Lipinski definition) is 1. The van der Waals surface area contributed by atoms with Gasteiger partial charge in [-0.2, -0.15) is 0 Å². The Morgan fingerprint density at radius 1 is 1.22 bits per heavy atom. The van der Waals surface area contributed by atoms with Gasteiger partial charge in [0.15, 0.2) is 0 Å². The van der Waals surface area contributed by atoms with Crippen molar-refractivity contribution in [1.29, 1.82) is 0 Å². The summed E-state index contributed by atoms with van der Waals surface area (Å²) in [7, 11) is 1.33. The third kappa shape index (κ3) is 4.45. The predicted octanol–water partition coefficient (Wildman–Crippen LogP) is 3.89. The number of anilines is 2. The molecule has 1 fully saturated rings. The van der Waals surface area contributed by atoms with Gasteiger partial charge in [-0.25, -0.2) is 9.78 Å². The van der Waals surface area contributed by atoms with Crippen molar-refractivity contribution in [1.82, 2.24) is 4.98 Å². The first kappa shape index (κ1) is 18.9. The molecule has 1 atom stereocenters. The fourth-order valence-electron chi connectivity index (χ4n) is 3.49. The van der Waals surface area contributed by atoms with Gasteiger partial charge in [0, 0.05) is 30.0 Å². The number of pyridine rings is 1. The number of aromatic nitrogens is 1. The van der Waals surface area contributed by atoms with Crippen LogP contribution in [0.15, 0.2) is 42.6 Å². The molecule has 0 bridgehead atoms. The first-order valence-electron chi connectivity index (χ1n) is 9.34. The van der Waals surface area contributed by atoms with Crippen molar-refractivity contribution in [3.63, 3.8) is 0 Å². The minimum absolute atomic E-state index is 0.231. The molecule has 3 rings (SSSR count). The normalized spacial score (nSPS) is 16.7. The van der Waals surface area contributed by atoms with Crippen LogP contribution in [-0.4, -0.2) is 36.6 Å². The van der Waals surface area contributed by atoms with Crippen molar-refractivity contribution < 1.29 is 14.3 Å². The Balaban J connectivity index is 1.77. The van der Waals surface area contributed by atoms with E-state index in [4.69, 9.17) is 4.74 Å². The zero-order chi connectivity index (χ0) is 19.2. The summed E-state index contributed by atoms with van der Waals surface area (Å²) in [6.45, 7) is 3.16. The molecule has 1 aromatic carbocycles. The van der Waals surface area contributed by atoms with Crippen molar-refractivity contribution in [2.24, 2.45) is 0 Å². The van der Waals surface area contributed by atoms with Gasteiger partial charge in [-0.15, -0.1) is 0 Å². The molecular weight excluding hydrogens is 342 g/mol. The molecule has 1 aromatic heterocycles. The van der Waals surface area contributed by atoms with E-state index in [1.54, 1.807) is 36.5 Å². The number of nitrogens with zero attached hydrogens (tertiary/aromatic N) is 2. The maximum Gasteiger partial charge on any atom is 0.337 e. The molecule has 142 valence electrons. The second-order valence-corrected chi connectivity index (χ2v) is 6.68. The van der Waals surface area contributed by atoms with E-state index in [9.17, 15) is 9.59 Å². The SMILES string of the molecule is CCC1CCCCN1c1cc(C(=O)Nc2cccc(C(=O)OC)c2)ccn1. The number of piperidine rings is 1. The van der Waals surface area contributed by atoms with Crippen molar-refractivity contribution in [3.8, 4) is 0 Å². The van der Waals surface area contributed by atoms with Gasteiger partial charge in [0.1, 0.15) is 5.82 Å². The number of rotatable bonds is 5. The molecule has 1 saturated heterocycles. The highest BCUT2D eigenvalue weighted by molar-refractivity contribution is 6.05. The van der Waals surface area contributed by atoms with E-state index >= 15 is 0 Å². The van der Waals surface area contributed by atoms with Gasteiger partial charge in [-0.3, -0.25) is 4.79 Å². The minimum atomic E-state index is -0.437. The highest BCUT2D eigenvalue weighted by Crippen LogP contribution is 2.25. The van der Waals surface area contributed by atoms with Gasteiger partial charge in [-0.05, 0) is 56.0 Å². The van der Waals surface area contributed by atoms with E-state index in [2.05, 4.69) is 22.1 Å². The average Bonchev–Trinajstić information content (AvgIpc) is 2.73. The molecule has 1 N–H and O–H groups in total. The molecule has 0 saturated carbocycles. The zero-order valence-electron chi connectivity index (χ0n) is 15.8. The summed E-state index contributed by atoms with van der Waals surface area (Å²) >= 11 is 0. The van der Waals surface area contributed by atoms with Crippen molar-refractivity contribution in [2.45, 2.75) is 38.6 Å². The highest BCUT2D eigenvalue weighted by atomic mass is 16.5. The Bertz CT molecular complexity index is 822. The first-order valence-corrected chi connectivity index (χ1v) is 9.34. The number of benzene rings is 1. The Kier molecular flexibility index (Phi) is 6.06. The first-order chi connectivity index (χ1) is 13.1. The van der Waals surface area contributed by atoms with Crippen LogP contribution in [0.3, 0.4) is 0 Å². The van der Waals surface area contributed by atoms with Gasteiger partial charge in [0.05, 0.1) is 12.7 Å². The number of carbonyl (C=O) groups excluding carboxylic acids is 2. The minimum Gasteiger partial charge on any atom is -0.465 e. The van der Waals surface area contributed by atoms with Crippen LogP contribution in [0.2, 0.25) is 0 Å². The van der Waals surface area contributed by atoms with Crippen LogP contribution < -0.4 is 10.2 Å². The highest BCUT2D eigenvalue weighted by Gasteiger charge is 2.22. The molecular formula is C21H25N3O3. The van der Waals surface area contributed by atoms with Crippen LogP contribution >= 0.6 is 0 Å². The molecule has 27 heavy (non-hydrogen) atoms. The molecule has 0 radical (unpaired) electrons. The molecule has 1 amide bonds. The van der Waals surface area contributed by atoms with Gasteiger partial charge in [0.25, 0.3) is 5.91 Å². The molecule has 0 aliphatic carbocycles. The summed E-state index contributed by atoms with van der Waals surface area (Å²) in [5.41, 5.74) is 1.49. The monoisotopic (exact) mass is 367 g/mol. The fourth-order valence-corrected chi connectivity index (χ4v) is 3.49. The topological polar surface area (TPSA) is 71.5 Å². The van der Waals surface area contributed by atoms with Gasteiger partial charge >= 0.3 is 5.97 Å². The summed E-state index contributed by atoms with van der Waals surface area (Å²) in [6.07, 6.45) is 6.30. The maximum absolute atomic E-state index is 12.7. The lowest BCUT2D eigenvalue weighted by molar-refractivity contribution is 0.0600. The van der Waals surface area contributed by atoms with Crippen LogP contribution in [0, 0.1) is 0 Å². The third-order valence-electron chi connectivity index (χ3n) is 4.94. The van der Waals surface area contributed by atoms with E-state index < -0.39 is 5.97 Å². The molecule has 6 nitrogen and oxygen atoms in total. The summed E-state index contributed by atoms with van der Waals surface area (Å²) in [5, 5.41) is 2.84. The predicted molar refractivity (Wildman–Crippen MR) is 105 cm³/mol. The van der Waals surface area contributed by atoms with Crippen molar-refractivity contribution >= 4 is 23.4 Å². The molecule has 1 unspecified atom stereocenters. The lowest BCUT2D eigenvalue weighted by atomic mass is 10.00. The summed E-state index contributed by atoms with van der Waals surface area (Å²) in [4.78, 5) is 31.1. The second kappa shape index (κ2) is 8.66. The molecule has 1 aliphatic rings. The van der Waals surface area contributed by atoms with Crippen molar-refractivity contribution in [2.75, 3.05) is 23.9 Å². The molecule has 0 spiro atoms. The summed E-state index contributed by atoms with van der Waals surface area (Å²) in [5.74, 6) is 0.177. The number of methoxy groups -OCH3 is 1.